The molecular formula is C13H23NO4. The second kappa shape index (κ2) is 7.36. The first-order valence-corrected chi connectivity index (χ1v) is 6.53. The van der Waals surface area contributed by atoms with Gasteiger partial charge in [0.1, 0.15) is 0 Å². The SMILES string of the molecule is CCC(C)CC(=O)N1CCOC(CC(=O)OC)C1. The van der Waals surface area contributed by atoms with Crippen molar-refractivity contribution in [1.29, 1.82) is 0 Å². The molecule has 5 nitrogen and oxygen atoms in total. The lowest BCUT2D eigenvalue weighted by molar-refractivity contribution is -0.150. The summed E-state index contributed by atoms with van der Waals surface area (Å²) in [5.74, 6) is 0.262. The fraction of sp³-hybridized carbons (Fsp3) is 0.846. The summed E-state index contributed by atoms with van der Waals surface area (Å²) in [6.07, 6.45) is 1.55. The Kier molecular flexibility index (Phi) is 6.12. The summed E-state index contributed by atoms with van der Waals surface area (Å²) >= 11 is 0. The van der Waals surface area contributed by atoms with E-state index in [2.05, 4.69) is 18.6 Å². The van der Waals surface area contributed by atoms with E-state index in [1.54, 1.807) is 4.90 Å². The summed E-state index contributed by atoms with van der Waals surface area (Å²) in [5, 5.41) is 0. The molecule has 1 fully saturated rings. The van der Waals surface area contributed by atoms with Crippen LogP contribution < -0.4 is 0 Å². The Morgan fingerprint density at radius 2 is 2.22 bits per heavy atom. The number of amides is 1. The van der Waals surface area contributed by atoms with E-state index >= 15 is 0 Å². The molecule has 0 aromatic carbocycles. The van der Waals surface area contributed by atoms with Crippen molar-refractivity contribution in [2.45, 2.75) is 39.2 Å². The van der Waals surface area contributed by atoms with Crippen LogP contribution in [0.4, 0.5) is 0 Å². The van der Waals surface area contributed by atoms with Gasteiger partial charge in [-0.05, 0) is 5.92 Å². The van der Waals surface area contributed by atoms with Crippen LogP contribution in [-0.4, -0.2) is 49.7 Å². The van der Waals surface area contributed by atoms with Crippen molar-refractivity contribution in [2.24, 2.45) is 5.92 Å². The molecule has 0 bridgehead atoms. The number of morpholine rings is 1. The Labute approximate surface area is 108 Å². The minimum Gasteiger partial charge on any atom is -0.469 e. The molecule has 2 atom stereocenters. The first kappa shape index (κ1) is 15.0. The average molecular weight is 257 g/mol. The van der Waals surface area contributed by atoms with Crippen molar-refractivity contribution in [3.05, 3.63) is 0 Å². The fourth-order valence-corrected chi connectivity index (χ4v) is 1.91. The molecule has 0 spiro atoms. The van der Waals surface area contributed by atoms with Gasteiger partial charge in [0.05, 0.1) is 26.2 Å². The van der Waals surface area contributed by atoms with Crippen molar-refractivity contribution >= 4 is 11.9 Å². The normalized spacial score (nSPS) is 21.5. The van der Waals surface area contributed by atoms with E-state index in [9.17, 15) is 9.59 Å². The number of nitrogens with zero attached hydrogens (tertiary/aromatic N) is 1. The lowest BCUT2D eigenvalue weighted by Crippen LogP contribution is -2.46. The van der Waals surface area contributed by atoms with Crippen LogP contribution in [0.15, 0.2) is 0 Å². The molecule has 0 saturated carbocycles. The maximum atomic E-state index is 12.0. The molecule has 0 aromatic heterocycles. The predicted molar refractivity (Wildman–Crippen MR) is 67.0 cm³/mol. The van der Waals surface area contributed by atoms with E-state index in [4.69, 9.17) is 4.74 Å². The monoisotopic (exact) mass is 257 g/mol. The van der Waals surface area contributed by atoms with Crippen LogP contribution in [0.1, 0.15) is 33.1 Å². The van der Waals surface area contributed by atoms with E-state index < -0.39 is 0 Å². The number of methoxy groups -OCH3 is 1. The summed E-state index contributed by atoms with van der Waals surface area (Å²) < 4.78 is 10.1. The highest BCUT2D eigenvalue weighted by atomic mass is 16.5. The molecule has 104 valence electrons. The largest absolute Gasteiger partial charge is 0.469 e. The first-order valence-electron chi connectivity index (χ1n) is 6.53. The second-order valence-corrected chi connectivity index (χ2v) is 4.83. The minimum absolute atomic E-state index is 0.155. The number of carbonyl (C=O) groups is 2. The smallest absolute Gasteiger partial charge is 0.308 e. The Balaban J connectivity index is 2.42. The lowest BCUT2D eigenvalue weighted by Gasteiger charge is -2.33. The molecule has 1 aliphatic rings. The number of hydrogen-bond acceptors (Lipinski definition) is 4. The number of hydrogen-bond donors (Lipinski definition) is 0. The van der Waals surface area contributed by atoms with Crippen molar-refractivity contribution in [2.75, 3.05) is 26.8 Å². The Morgan fingerprint density at radius 1 is 1.50 bits per heavy atom. The van der Waals surface area contributed by atoms with Gasteiger partial charge in [0.15, 0.2) is 0 Å². The molecular weight excluding hydrogens is 234 g/mol. The van der Waals surface area contributed by atoms with Gasteiger partial charge in [0.2, 0.25) is 5.91 Å². The molecule has 1 heterocycles. The summed E-state index contributed by atoms with van der Waals surface area (Å²) in [6, 6.07) is 0. The number of esters is 1. The summed E-state index contributed by atoms with van der Waals surface area (Å²) in [6.45, 7) is 5.76. The van der Waals surface area contributed by atoms with E-state index in [1.165, 1.54) is 7.11 Å². The van der Waals surface area contributed by atoms with Gasteiger partial charge in [0.25, 0.3) is 0 Å². The maximum absolute atomic E-state index is 12.0. The second-order valence-electron chi connectivity index (χ2n) is 4.83. The third-order valence-corrected chi connectivity index (χ3v) is 3.33. The van der Waals surface area contributed by atoms with Gasteiger partial charge in [-0.2, -0.15) is 0 Å². The van der Waals surface area contributed by atoms with Gasteiger partial charge < -0.3 is 14.4 Å². The number of ether oxygens (including phenoxy) is 2. The summed E-state index contributed by atoms with van der Waals surface area (Å²) in [4.78, 5) is 25.0. The Bertz CT molecular complexity index is 293. The maximum Gasteiger partial charge on any atom is 0.308 e. The lowest BCUT2D eigenvalue weighted by atomic mass is 10.0. The van der Waals surface area contributed by atoms with Crippen LogP contribution in [0.5, 0.6) is 0 Å². The van der Waals surface area contributed by atoms with Crippen LogP contribution in [0, 0.1) is 5.92 Å². The molecule has 1 amide bonds. The van der Waals surface area contributed by atoms with E-state index in [0.717, 1.165) is 6.42 Å². The van der Waals surface area contributed by atoms with Gasteiger partial charge in [-0.25, -0.2) is 0 Å². The van der Waals surface area contributed by atoms with Crippen molar-refractivity contribution < 1.29 is 19.1 Å². The first-order chi connectivity index (χ1) is 8.56. The topological polar surface area (TPSA) is 55.8 Å². The van der Waals surface area contributed by atoms with Crippen molar-refractivity contribution in [3.8, 4) is 0 Å². The van der Waals surface area contributed by atoms with E-state index in [1.807, 2.05) is 0 Å². The molecule has 0 aromatic rings. The minimum atomic E-state index is -0.295. The van der Waals surface area contributed by atoms with Crippen LogP contribution in [0.2, 0.25) is 0 Å². The van der Waals surface area contributed by atoms with Gasteiger partial charge in [0, 0.05) is 19.5 Å². The predicted octanol–water partition coefficient (Wildman–Crippen LogP) is 1.21. The zero-order chi connectivity index (χ0) is 13.5. The molecule has 0 aliphatic carbocycles. The molecule has 18 heavy (non-hydrogen) atoms. The quantitative estimate of drug-likeness (QED) is 0.695. The number of rotatable bonds is 5. The van der Waals surface area contributed by atoms with Crippen LogP contribution in [0.3, 0.4) is 0 Å². The van der Waals surface area contributed by atoms with Crippen molar-refractivity contribution in [3.63, 3.8) is 0 Å². The van der Waals surface area contributed by atoms with Gasteiger partial charge >= 0.3 is 5.97 Å². The highest BCUT2D eigenvalue weighted by molar-refractivity contribution is 5.76. The zero-order valence-corrected chi connectivity index (χ0v) is 11.5. The van der Waals surface area contributed by atoms with Gasteiger partial charge in [-0.1, -0.05) is 20.3 Å². The zero-order valence-electron chi connectivity index (χ0n) is 11.5. The molecule has 2 unspecified atom stereocenters. The van der Waals surface area contributed by atoms with Crippen molar-refractivity contribution in [1.82, 2.24) is 4.90 Å². The Morgan fingerprint density at radius 3 is 2.83 bits per heavy atom. The van der Waals surface area contributed by atoms with Gasteiger partial charge in [-0.15, -0.1) is 0 Å². The van der Waals surface area contributed by atoms with Crippen LogP contribution in [-0.2, 0) is 19.1 Å². The van der Waals surface area contributed by atoms with Gasteiger partial charge in [-0.3, -0.25) is 9.59 Å². The standard InChI is InChI=1S/C13H23NO4/c1-4-10(2)7-12(15)14-5-6-18-11(9-14)8-13(16)17-3/h10-11H,4-9H2,1-3H3. The van der Waals surface area contributed by atoms with Crippen LogP contribution in [0.25, 0.3) is 0 Å². The molecule has 0 N–H and O–H groups in total. The average Bonchev–Trinajstić information content (AvgIpc) is 2.38. The number of carbonyl (C=O) groups excluding carboxylic acids is 2. The molecule has 1 saturated heterocycles. The molecule has 0 radical (unpaired) electrons. The summed E-state index contributed by atoms with van der Waals surface area (Å²) in [7, 11) is 1.36. The Hall–Kier alpha value is -1.10. The molecule has 1 aliphatic heterocycles. The highest BCUT2D eigenvalue weighted by Gasteiger charge is 2.26. The highest BCUT2D eigenvalue weighted by Crippen LogP contribution is 2.14. The summed E-state index contributed by atoms with van der Waals surface area (Å²) in [5.41, 5.74) is 0. The van der Waals surface area contributed by atoms with E-state index in [0.29, 0.717) is 32.0 Å². The fourth-order valence-electron chi connectivity index (χ4n) is 1.91. The third kappa shape index (κ3) is 4.64. The van der Waals surface area contributed by atoms with Crippen LogP contribution >= 0.6 is 0 Å². The van der Waals surface area contributed by atoms with E-state index in [-0.39, 0.29) is 24.4 Å². The molecule has 1 rings (SSSR count). The third-order valence-electron chi connectivity index (χ3n) is 3.33. The molecule has 5 heteroatoms.